The summed E-state index contributed by atoms with van der Waals surface area (Å²) in [6.07, 6.45) is 0. The lowest BCUT2D eigenvalue weighted by Crippen LogP contribution is -2.35. The van der Waals surface area contributed by atoms with E-state index in [1.54, 1.807) is 13.2 Å². The first kappa shape index (κ1) is 15.6. The van der Waals surface area contributed by atoms with Crippen molar-refractivity contribution in [1.82, 2.24) is 15.0 Å². The van der Waals surface area contributed by atoms with Crippen molar-refractivity contribution < 1.29 is 19.2 Å². The molecule has 19 heavy (non-hydrogen) atoms. The van der Waals surface area contributed by atoms with E-state index in [2.05, 4.69) is 5.16 Å². The lowest BCUT2D eigenvalue weighted by Gasteiger charge is -2.20. The van der Waals surface area contributed by atoms with Crippen LogP contribution in [0, 0.1) is 0 Å². The minimum atomic E-state index is -0.848. The Morgan fingerprint density at radius 1 is 1.47 bits per heavy atom. The van der Waals surface area contributed by atoms with Crippen LogP contribution in [0.25, 0.3) is 0 Å². The zero-order valence-corrected chi connectivity index (χ0v) is 11.6. The zero-order chi connectivity index (χ0) is 14.3. The van der Waals surface area contributed by atoms with Gasteiger partial charge in [-0.05, 0) is 14.1 Å². The molecule has 0 aromatic carbocycles. The Balaban J connectivity index is 2.56. The fourth-order valence-corrected chi connectivity index (χ4v) is 1.62. The second-order valence-corrected chi connectivity index (χ2v) is 4.63. The Morgan fingerprint density at radius 2 is 2.21 bits per heavy atom. The van der Waals surface area contributed by atoms with Gasteiger partial charge in [-0.25, -0.2) is 0 Å². The third-order valence-electron chi connectivity index (χ3n) is 2.50. The highest BCUT2D eigenvalue weighted by molar-refractivity contribution is 5.69. The van der Waals surface area contributed by atoms with Crippen LogP contribution in [-0.2, 0) is 22.7 Å². The van der Waals surface area contributed by atoms with Gasteiger partial charge in [-0.15, -0.1) is 0 Å². The number of nitrogens with zero attached hydrogens (tertiary/aromatic N) is 3. The van der Waals surface area contributed by atoms with Crippen molar-refractivity contribution in [3.63, 3.8) is 0 Å². The molecule has 1 heterocycles. The number of hydrogen-bond donors (Lipinski definition) is 1. The average molecular weight is 271 g/mol. The predicted octanol–water partition coefficient (Wildman–Crippen LogP) is 0.269. The molecule has 0 spiro atoms. The van der Waals surface area contributed by atoms with Crippen molar-refractivity contribution >= 4 is 5.97 Å². The molecular formula is C12H21N3O4. The number of methoxy groups -OCH3 is 1. The minimum absolute atomic E-state index is 0.0136. The molecule has 108 valence electrons. The molecule has 0 saturated heterocycles. The summed E-state index contributed by atoms with van der Waals surface area (Å²) in [7, 11) is 5.48. The van der Waals surface area contributed by atoms with E-state index in [0.717, 1.165) is 6.54 Å². The second kappa shape index (κ2) is 7.88. The molecule has 1 aromatic heterocycles. The van der Waals surface area contributed by atoms with Crippen LogP contribution in [-0.4, -0.2) is 66.9 Å². The minimum Gasteiger partial charge on any atom is -0.480 e. The fraction of sp³-hybridized carbons (Fsp3) is 0.667. The van der Waals surface area contributed by atoms with Gasteiger partial charge in [0.2, 0.25) is 0 Å². The molecule has 0 unspecified atom stereocenters. The number of carbonyl (C=O) groups is 1. The van der Waals surface area contributed by atoms with Crippen LogP contribution in [0.1, 0.15) is 11.5 Å². The molecule has 0 aliphatic carbocycles. The van der Waals surface area contributed by atoms with Gasteiger partial charge in [0.05, 0.1) is 12.2 Å². The highest BCUT2D eigenvalue weighted by Gasteiger charge is 2.13. The van der Waals surface area contributed by atoms with Crippen LogP contribution in [0.3, 0.4) is 0 Å². The highest BCUT2D eigenvalue weighted by atomic mass is 16.5. The Morgan fingerprint density at radius 3 is 2.79 bits per heavy atom. The summed E-state index contributed by atoms with van der Waals surface area (Å²) < 4.78 is 10.0. The topological polar surface area (TPSA) is 79.0 Å². The molecule has 0 bridgehead atoms. The molecule has 0 radical (unpaired) electrons. The van der Waals surface area contributed by atoms with Crippen molar-refractivity contribution in [2.45, 2.75) is 13.2 Å². The number of carboxylic acid groups (broad SMARTS) is 1. The van der Waals surface area contributed by atoms with E-state index >= 15 is 0 Å². The van der Waals surface area contributed by atoms with Gasteiger partial charge < -0.3 is 19.3 Å². The normalized spacial score (nSPS) is 11.4. The third-order valence-corrected chi connectivity index (χ3v) is 2.50. The Labute approximate surface area is 112 Å². The van der Waals surface area contributed by atoms with E-state index in [9.17, 15) is 4.79 Å². The van der Waals surface area contributed by atoms with Gasteiger partial charge in [0, 0.05) is 32.8 Å². The summed E-state index contributed by atoms with van der Waals surface area (Å²) in [5.41, 5.74) is 0.715. The summed E-state index contributed by atoms with van der Waals surface area (Å²) >= 11 is 0. The highest BCUT2D eigenvalue weighted by Crippen LogP contribution is 2.07. The quantitative estimate of drug-likeness (QED) is 0.690. The molecule has 1 aromatic rings. The zero-order valence-electron chi connectivity index (χ0n) is 11.6. The van der Waals surface area contributed by atoms with Gasteiger partial charge in [-0.2, -0.15) is 0 Å². The van der Waals surface area contributed by atoms with Crippen molar-refractivity contribution in [3.05, 3.63) is 17.5 Å². The number of ether oxygens (including phenoxy) is 1. The first-order valence-corrected chi connectivity index (χ1v) is 6.03. The van der Waals surface area contributed by atoms with Crippen LogP contribution in [0.5, 0.6) is 0 Å². The van der Waals surface area contributed by atoms with Crippen LogP contribution in [0.4, 0.5) is 0 Å². The van der Waals surface area contributed by atoms with E-state index in [1.807, 2.05) is 23.9 Å². The number of aromatic nitrogens is 1. The number of rotatable bonds is 9. The van der Waals surface area contributed by atoms with E-state index in [4.69, 9.17) is 14.4 Å². The molecule has 0 atom stereocenters. The van der Waals surface area contributed by atoms with Crippen LogP contribution in [0.2, 0.25) is 0 Å². The molecule has 0 aliphatic rings. The van der Waals surface area contributed by atoms with Gasteiger partial charge in [0.25, 0.3) is 0 Å². The summed E-state index contributed by atoms with van der Waals surface area (Å²) in [6.45, 7) is 2.25. The summed E-state index contributed by atoms with van der Waals surface area (Å²) in [5.74, 6) is -0.209. The largest absolute Gasteiger partial charge is 0.480 e. The van der Waals surface area contributed by atoms with Crippen LogP contribution in [0.15, 0.2) is 10.6 Å². The Bertz CT molecular complexity index is 392. The van der Waals surface area contributed by atoms with Gasteiger partial charge in [-0.1, -0.05) is 5.16 Å². The SMILES string of the molecule is COCc1cc(CN(CCN(C)C)CC(=O)O)no1. The fourth-order valence-electron chi connectivity index (χ4n) is 1.62. The van der Waals surface area contributed by atoms with Crippen LogP contribution >= 0.6 is 0 Å². The standard InChI is InChI=1S/C12H21N3O4/c1-14(2)4-5-15(8-12(16)17)7-10-6-11(9-18-3)19-13-10/h6H,4-5,7-9H2,1-3H3,(H,16,17). The first-order chi connectivity index (χ1) is 9.01. The first-order valence-electron chi connectivity index (χ1n) is 6.03. The molecule has 0 amide bonds. The molecule has 0 aliphatic heterocycles. The smallest absolute Gasteiger partial charge is 0.317 e. The summed E-state index contributed by atoms with van der Waals surface area (Å²) in [6, 6.07) is 1.79. The van der Waals surface area contributed by atoms with E-state index in [0.29, 0.717) is 31.2 Å². The molecule has 7 heteroatoms. The van der Waals surface area contributed by atoms with Gasteiger partial charge in [-0.3, -0.25) is 9.69 Å². The summed E-state index contributed by atoms with van der Waals surface area (Å²) in [4.78, 5) is 14.7. The molecule has 1 N–H and O–H groups in total. The van der Waals surface area contributed by atoms with Gasteiger partial charge in [0.15, 0.2) is 5.76 Å². The van der Waals surface area contributed by atoms with Crippen LogP contribution < -0.4 is 0 Å². The number of carboxylic acids is 1. The Hall–Kier alpha value is -1.44. The number of aliphatic carboxylic acids is 1. The van der Waals surface area contributed by atoms with Crippen molar-refractivity contribution in [1.29, 1.82) is 0 Å². The van der Waals surface area contributed by atoms with E-state index in [-0.39, 0.29) is 6.54 Å². The number of likely N-dealkylation sites (N-methyl/N-ethyl adjacent to an activating group) is 1. The van der Waals surface area contributed by atoms with Crippen molar-refractivity contribution in [2.75, 3.05) is 40.8 Å². The van der Waals surface area contributed by atoms with Crippen molar-refractivity contribution in [3.8, 4) is 0 Å². The number of hydrogen-bond acceptors (Lipinski definition) is 6. The lowest BCUT2D eigenvalue weighted by molar-refractivity contribution is -0.138. The van der Waals surface area contributed by atoms with E-state index in [1.165, 1.54) is 0 Å². The summed E-state index contributed by atoms with van der Waals surface area (Å²) in [5, 5.41) is 12.8. The molecular weight excluding hydrogens is 250 g/mol. The molecule has 0 saturated carbocycles. The maximum Gasteiger partial charge on any atom is 0.317 e. The Kier molecular flexibility index (Phi) is 6.48. The predicted molar refractivity (Wildman–Crippen MR) is 68.7 cm³/mol. The molecule has 0 fully saturated rings. The molecule has 1 rings (SSSR count). The maximum absolute atomic E-state index is 10.8. The maximum atomic E-state index is 10.8. The second-order valence-electron chi connectivity index (χ2n) is 4.63. The monoisotopic (exact) mass is 271 g/mol. The lowest BCUT2D eigenvalue weighted by atomic mass is 10.3. The van der Waals surface area contributed by atoms with Gasteiger partial charge in [0.1, 0.15) is 6.61 Å². The van der Waals surface area contributed by atoms with E-state index < -0.39 is 5.97 Å². The molecule has 7 nitrogen and oxygen atoms in total. The average Bonchev–Trinajstić information content (AvgIpc) is 2.73. The van der Waals surface area contributed by atoms with Gasteiger partial charge >= 0.3 is 5.97 Å². The third kappa shape index (κ3) is 6.32. The van der Waals surface area contributed by atoms with Crippen molar-refractivity contribution in [2.24, 2.45) is 0 Å².